The number of carbonyl (C=O) groups excluding carboxylic acids is 1. The van der Waals surface area contributed by atoms with Gasteiger partial charge >= 0.3 is 5.97 Å². The molecule has 10 nitrogen and oxygen atoms in total. The van der Waals surface area contributed by atoms with E-state index in [0.717, 1.165) is 34.4 Å². The second-order valence-corrected chi connectivity index (χ2v) is 10.1. The van der Waals surface area contributed by atoms with Crippen molar-refractivity contribution in [2.75, 3.05) is 20.3 Å². The quantitative estimate of drug-likeness (QED) is 0.308. The minimum absolute atomic E-state index is 0.0464. The van der Waals surface area contributed by atoms with Crippen LogP contribution in [-0.2, 0) is 29.2 Å². The van der Waals surface area contributed by atoms with E-state index in [1.807, 2.05) is 41.0 Å². The molecule has 41 heavy (non-hydrogen) atoms. The number of rotatable bonds is 10. The van der Waals surface area contributed by atoms with Gasteiger partial charge in [0, 0.05) is 31.0 Å². The van der Waals surface area contributed by atoms with Crippen LogP contribution in [0.3, 0.4) is 0 Å². The molecule has 1 saturated heterocycles. The molecular formula is C31H30N4O6. The number of benzene rings is 2. The molecule has 2 aromatic carbocycles. The van der Waals surface area contributed by atoms with Crippen molar-refractivity contribution < 1.29 is 28.9 Å². The minimum Gasteiger partial charge on any atom is -0.497 e. The van der Waals surface area contributed by atoms with Gasteiger partial charge in [0.05, 0.1) is 42.9 Å². The number of aromatic carboxylic acids is 1. The number of ether oxygens (including phenoxy) is 3. The fourth-order valence-electron chi connectivity index (χ4n) is 5.10. The first-order chi connectivity index (χ1) is 20.0. The van der Waals surface area contributed by atoms with Crippen molar-refractivity contribution in [1.82, 2.24) is 19.4 Å². The summed E-state index contributed by atoms with van der Waals surface area (Å²) in [7, 11) is 1.63. The molecule has 1 N–H and O–H groups in total. The molecule has 4 aromatic rings. The van der Waals surface area contributed by atoms with E-state index in [-0.39, 0.29) is 17.6 Å². The first-order valence-electron chi connectivity index (χ1n) is 13.5. The highest BCUT2D eigenvalue weighted by Gasteiger charge is 2.26. The van der Waals surface area contributed by atoms with Crippen LogP contribution in [0.5, 0.6) is 11.6 Å². The number of carboxylic acid groups (broad SMARTS) is 1. The lowest BCUT2D eigenvalue weighted by molar-refractivity contribution is -0.127. The summed E-state index contributed by atoms with van der Waals surface area (Å²) in [4.78, 5) is 35.9. The standard InChI is InChI=1S/C31H30N4O6/c1-39-23-7-4-20(5-8-23)19-41-30-25(3-2-12-32-30)21-10-13-34(29(36)16-21)18-28-33-26-9-6-22(31(37)38)15-27(26)35(28)17-24-11-14-40-24/h2-9,12,15-16,24H,10-11,13-14,17-19H2,1H3,(H,37,38)/t24-/m0/s1. The summed E-state index contributed by atoms with van der Waals surface area (Å²) in [5, 5.41) is 9.49. The second kappa shape index (κ2) is 11.4. The molecule has 1 amide bonds. The number of hydrogen-bond donors (Lipinski definition) is 1. The lowest BCUT2D eigenvalue weighted by Crippen LogP contribution is -2.36. The van der Waals surface area contributed by atoms with Crippen LogP contribution in [0.25, 0.3) is 16.6 Å². The van der Waals surface area contributed by atoms with Gasteiger partial charge in [0.1, 0.15) is 18.2 Å². The Hall–Kier alpha value is -4.70. The SMILES string of the molecule is COc1ccc(COc2ncccc2C2=CC(=O)N(Cc3nc4ccc(C(=O)O)cc4n3C[C@@H]3CCO3)CC2)cc1. The Morgan fingerprint density at radius 3 is 2.71 bits per heavy atom. The minimum atomic E-state index is -0.993. The number of fused-ring (bicyclic) bond motifs is 1. The van der Waals surface area contributed by atoms with Crippen molar-refractivity contribution in [3.05, 3.63) is 89.4 Å². The molecule has 4 heterocycles. The Morgan fingerprint density at radius 2 is 2.00 bits per heavy atom. The van der Waals surface area contributed by atoms with E-state index in [1.54, 1.807) is 42.5 Å². The Labute approximate surface area is 236 Å². The summed E-state index contributed by atoms with van der Waals surface area (Å²) in [6, 6.07) is 16.3. The van der Waals surface area contributed by atoms with Gasteiger partial charge < -0.3 is 28.8 Å². The molecule has 6 rings (SSSR count). The molecule has 0 unspecified atom stereocenters. The van der Waals surface area contributed by atoms with Gasteiger partial charge in [-0.05, 0) is 66.4 Å². The molecule has 0 spiro atoms. The van der Waals surface area contributed by atoms with E-state index >= 15 is 0 Å². The molecule has 0 bridgehead atoms. The second-order valence-electron chi connectivity index (χ2n) is 10.1. The zero-order chi connectivity index (χ0) is 28.3. The van der Waals surface area contributed by atoms with Crippen LogP contribution in [0.15, 0.2) is 66.9 Å². The average molecular weight is 555 g/mol. The average Bonchev–Trinajstić information content (AvgIpc) is 3.31. The monoisotopic (exact) mass is 554 g/mol. The van der Waals surface area contributed by atoms with Crippen LogP contribution in [0, 0.1) is 0 Å². The molecule has 1 fully saturated rings. The third-order valence-electron chi connectivity index (χ3n) is 7.50. The van der Waals surface area contributed by atoms with E-state index in [0.29, 0.717) is 56.5 Å². The Morgan fingerprint density at radius 1 is 1.17 bits per heavy atom. The summed E-state index contributed by atoms with van der Waals surface area (Å²) in [5.41, 5.74) is 4.26. The summed E-state index contributed by atoms with van der Waals surface area (Å²) in [6.45, 7) is 2.42. The largest absolute Gasteiger partial charge is 0.497 e. The summed E-state index contributed by atoms with van der Waals surface area (Å²) < 4.78 is 18.9. The maximum Gasteiger partial charge on any atom is 0.335 e. The van der Waals surface area contributed by atoms with Gasteiger partial charge in [-0.25, -0.2) is 14.8 Å². The smallest absolute Gasteiger partial charge is 0.335 e. The van der Waals surface area contributed by atoms with E-state index in [9.17, 15) is 14.7 Å². The van der Waals surface area contributed by atoms with Crippen LogP contribution in [-0.4, -0.2) is 62.8 Å². The number of hydrogen-bond acceptors (Lipinski definition) is 7. The molecule has 210 valence electrons. The van der Waals surface area contributed by atoms with Gasteiger partial charge in [-0.15, -0.1) is 0 Å². The zero-order valence-corrected chi connectivity index (χ0v) is 22.7. The number of carbonyl (C=O) groups is 2. The molecule has 2 aromatic heterocycles. The van der Waals surface area contributed by atoms with Gasteiger partial charge in [0.2, 0.25) is 11.8 Å². The number of pyridine rings is 1. The molecule has 1 atom stereocenters. The zero-order valence-electron chi connectivity index (χ0n) is 22.7. The Bertz CT molecular complexity index is 1620. The van der Waals surface area contributed by atoms with E-state index < -0.39 is 5.97 Å². The fourth-order valence-corrected chi connectivity index (χ4v) is 5.10. The molecule has 2 aliphatic rings. The third-order valence-corrected chi connectivity index (χ3v) is 7.50. The van der Waals surface area contributed by atoms with Crippen LogP contribution in [0.4, 0.5) is 0 Å². The number of imidazole rings is 1. The van der Waals surface area contributed by atoms with Crippen molar-refractivity contribution in [3.63, 3.8) is 0 Å². The van der Waals surface area contributed by atoms with E-state index in [2.05, 4.69) is 4.98 Å². The van der Waals surface area contributed by atoms with Crippen LogP contribution in [0.1, 0.15) is 40.2 Å². The fraction of sp³-hybridized carbons (Fsp3) is 0.290. The van der Waals surface area contributed by atoms with Gasteiger partial charge in [-0.1, -0.05) is 12.1 Å². The number of methoxy groups -OCH3 is 1. The van der Waals surface area contributed by atoms with E-state index in [4.69, 9.17) is 19.2 Å². The van der Waals surface area contributed by atoms with Crippen molar-refractivity contribution in [3.8, 4) is 11.6 Å². The number of carboxylic acids is 1. The number of amides is 1. The van der Waals surface area contributed by atoms with Crippen molar-refractivity contribution >= 4 is 28.5 Å². The van der Waals surface area contributed by atoms with Gasteiger partial charge in [-0.2, -0.15) is 0 Å². The lowest BCUT2D eigenvalue weighted by atomic mass is 10.00. The van der Waals surface area contributed by atoms with Gasteiger partial charge in [-0.3, -0.25) is 4.79 Å². The molecule has 0 saturated carbocycles. The van der Waals surface area contributed by atoms with Gasteiger partial charge in [0.15, 0.2) is 0 Å². The normalized spacial score (nSPS) is 16.8. The number of aromatic nitrogens is 3. The van der Waals surface area contributed by atoms with Crippen LogP contribution < -0.4 is 9.47 Å². The maximum absolute atomic E-state index is 13.3. The summed E-state index contributed by atoms with van der Waals surface area (Å²) in [6.07, 6.45) is 4.93. The molecule has 10 heteroatoms. The molecule has 0 aliphatic carbocycles. The molecule has 2 aliphatic heterocycles. The highest BCUT2D eigenvalue weighted by Crippen LogP contribution is 2.31. The Balaban J connectivity index is 1.20. The molecular weight excluding hydrogens is 524 g/mol. The topological polar surface area (TPSA) is 116 Å². The highest BCUT2D eigenvalue weighted by molar-refractivity contribution is 5.97. The predicted molar refractivity (Wildman–Crippen MR) is 151 cm³/mol. The van der Waals surface area contributed by atoms with Crippen LogP contribution in [0.2, 0.25) is 0 Å². The predicted octanol–water partition coefficient (Wildman–Crippen LogP) is 4.32. The summed E-state index contributed by atoms with van der Waals surface area (Å²) in [5.74, 6) is 0.841. The first-order valence-corrected chi connectivity index (χ1v) is 13.5. The van der Waals surface area contributed by atoms with Crippen LogP contribution >= 0.6 is 0 Å². The van der Waals surface area contributed by atoms with Crippen molar-refractivity contribution in [2.45, 2.75) is 38.6 Å². The molecule has 0 radical (unpaired) electrons. The third kappa shape index (κ3) is 5.64. The lowest BCUT2D eigenvalue weighted by Gasteiger charge is -2.29. The van der Waals surface area contributed by atoms with E-state index in [1.165, 1.54) is 0 Å². The highest BCUT2D eigenvalue weighted by atomic mass is 16.5. The van der Waals surface area contributed by atoms with Crippen molar-refractivity contribution in [1.29, 1.82) is 0 Å². The van der Waals surface area contributed by atoms with Gasteiger partial charge in [0.25, 0.3) is 0 Å². The first kappa shape index (κ1) is 26.5. The number of nitrogens with zero attached hydrogens (tertiary/aromatic N) is 4. The maximum atomic E-state index is 13.3. The van der Waals surface area contributed by atoms with Crippen molar-refractivity contribution in [2.24, 2.45) is 0 Å². The Kier molecular flexibility index (Phi) is 7.39. The summed E-state index contributed by atoms with van der Waals surface area (Å²) >= 11 is 0.